The molecule has 4 heteroatoms. The molecule has 13 heavy (non-hydrogen) atoms. The molecular formula is C9H12N2O2. The molecule has 0 N–H and O–H groups in total. The fourth-order valence-electron chi connectivity index (χ4n) is 0.929. The van der Waals surface area contributed by atoms with Crippen LogP contribution in [0.2, 0.25) is 0 Å². The average molecular weight is 180 g/mol. The summed E-state index contributed by atoms with van der Waals surface area (Å²) in [7, 11) is 1.55. The van der Waals surface area contributed by atoms with E-state index in [1.165, 1.54) is 6.33 Å². The van der Waals surface area contributed by atoms with Crippen LogP contribution in [0.3, 0.4) is 0 Å². The first kappa shape index (κ1) is 9.64. The van der Waals surface area contributed by atoms with E-state index in [0.717, 1.165) is 5.69 Å². The molecule has 0 atom stereocenters. The summed E-state index contributed by atoms with van der Waals surface area (Å²) in [6, 6.07) is 1.74. The lowest BCUT2D eigenvalue weighted by Gasteiger charge is -2.00. The van der Waals surface area contributed by atoms with Crippen LogP contribution in [0.1, 0.15) is 19.0 Å². The number of ether oxygens (including phenoxy) is 1. The molecule has 0 aliphatic rings. The first-order valence-corrected chi connectivity index (χ1v) is 4.06. The lowest BCUT2D eigenvalue weighted by Crippen LogP contribution is -1.98. The van der Waals surface area contributed by atoms with Crippen LogP contribution in [0.5, 0.6) is 5.88 Å². The van der Waals surface area contributed by atoms with Crippen molar-refractivity contribution in [1.29, 1.82) is 0 Å². The summed E-state index contributed by atoms with van der Waals surface area (Å²) in [6.45, 7) is 1.57. The molecule has 0 spiro atoms. The molecular weight excluding hydrogens is 168 g/mol. The van der Waals surface area contributed by atoms with Crippen molar-refractivity contribution in [2.45, 2.75) is 19.8 Å². The Hall–Kier alpha value is -1.45. The monoisotopic (exact) mass is 180 g/mol. The molecule has 1 heterocycles. The minimum atomic E-state index is 0.164. The standard InChI is InChI=1S/C9H12N2O2/c1-7(12)3-4-8-5-9(13-2)11-6-10-8/h5-6H,3-4H2,1-2H3. The predicted octanol–water partition coefficient (Wildman–Crippen LogP) is 1.01. The number of hydrogen-bond acceptors (Lipinski definition) is 4. The fourth-order valence-corrected chi connectivity index (χ4v) is 0.929. The highest BCUT2D eigenvalue weighted by Gasteiger charge is 2.00. The van der Waals surface area contributed by atoms with E-state index in [1.807, 2.05) is 0 Å². The Bertz CT molecular complexity index is 299. The summed E-state index contributed by atoms with van der Waals surface area (Å²) in [4.78, 5) is 18.6. The molecule has 0 radical (unpaired) electrons. The topological polar surface area (TPSA) is 52.1 Å². The molecule has 0 unspecified atom stereocenters. The molecule has 0 saturated carbocycles. The third-order valence-corrected chi connectivity index (χ3v) is 1.64. The number of aromatic nitrogens is 2. The van der Waals surface area contributed by atoms with Crippen LogP contribution in [-0.4, -0.2) is 22.9 Å². The van der Waals surface area contributed by atoms with Crippen LogP contribution in [0.15, 0.2) is 12.4 Å². The van der Waals surface area contributed by atoms with E-state index in [-0.39, 0.29) is 5.78 Å². The maximum Gasteiger partial charge on any atom is 0.216 e. The van der Waals surface area contributed by atoms with Crippen LogP contribution >= 0.6 is 0 Å². The van der Waals surface area contributed by atoms with Gasteiger partial charge in [0, 0.05) is 18.2 Å². The van der Waals surface area contributed by atoms with Gasteiger partial charge < -0.3 is 9.53 Å². The zero-order chi connectivity index (χ0) is 9.68. The second-order valence-corrected chi connectivity index (χ2v) is 2.75. The molecule has 0 amide bonds. The summed E-state index contributed by atoms with van der Waals surface area (Å²) in [5, 5.41) is 0. The van der Waals surface area contributed by atoms with Crippen LogP contribution in [-0.2, 0) is 11.2 Å². The number of nitrogens with zero attached hydrogens (tertiary/aromatic N) is 2. The van der Waals surface area contributed by atoms with E-state index in [9.17, 15) is 4.79 Å². The second-order valence-electron chi connectivity index (χ2n) is 2.75. The lowest BCUT2D eigenvalue weighted by atomic mass is 10.2. The Morgan fingerprint density at radius 3 is 2.92 bits per heavy atom. The zero-order valence-corrected chi connectivity index (χ0v) is 7.78. The van der Waals surface area contributed by atoms with E-state index in [1.54, 1.807) is 20.1 Å². The Morgan fingerprint density at radius 2 is 2.31 bits per heavy atom. The number of Topliss-reactive ketones (excluding diaryl/α,β-unsaturated/α-hetero) is 1. The number of rotatable bonds is 4. The van der Waals surface area contributed by atoms with Crippen molar-refractivity contribution < 1.29 is 9.53 Å². The van der Waals surface area contributed by atoms with Gasteiger partial charge in [0.25, 0.3) is 0 Å². The maximum absolute atomic E-state index is 10.7. The summed E-state index contributed by atoms with van der Waals surface area (Å²) < 4.78 is 4.93. The largest absolute Gasteiger partial charge is 0.481 e. The fraction of sp³-hybridized carbons (Fsp3) is 0.444. The van der Waals surface area contributed by atoms with Gasteiger partial charge in [-0.15, -0.1) is 0 Å². The van der Waals surface area contributed by atoms with E-state index in [0.29, 0.717) is 18.7 Å². The smallest absolute Gasteiger partial charge is 0.216 e. The average Bonchev–Trinajstić information content (AvgIpc) is 2.15. The molecule has 1 aromatic heterocycles. The highest BCUT2D eigenvalue weighted by atomic mass is 16.5. The third kappa shape index (κ3) is 3.19. The Labute approximate surface area is 77.0 Å². The first-order valence-electron chi connectivity index (χ1n) is 4.06. The molecule has 0 fully saturated rings. The third-order valence-electron chi connectivity index (χ3n) is 1.64. The molecule has 70 valence electrons. The Morgan fingerprint density at radius 1 is 1.54 bits per heavy atom. The van der Waals surface area contributed by atoms with Crippen LogP contribution in [0.25, 0.3) is 0 Å². The second kappa shape index (κ2) is 4.54. The lowest BCUT2D eigenvalue weighted by molar-refractivity contribution is -0.116. The molecule has 1 rings (SSSR count). The van der Waals surface area contributed by atoms with Crippen LogP contribution < -0.4 is 4.74 Å². The van der Waals surface area contributed by atoms with E-state index in [4.69, 9.17) is 4.74 Å². The van der Waals surface area contributed by atoms with Crippen molar-refractivity contribution in [3.05, 3.63) is 18.1 Å². The minimum absolute atomic E-state index is 0.164. The van der Waals surface area contributed by atoms with Crippen LogP contribution in [0, 0.1) is 0 Å². The van der Waals surface area contributed by atoms with Gasteiger partial charge in [-0.05, 0) is 13.3 Å². The first-order chi connectivity index (χ1) is 6.22. The van der Waals surface area contributed by atoms with E-state index < -0.39 is 0 Å². The van der Waals surface area contributed by atoms with Gasteiger partial charge in [0.15, 0.2) is 0 Å². The van der Waals surface area contributed by atoms with Gasteiger partial charge >= 0.3 is 0 Å². The van der Waals surface area contributed by atoms with Crippen molar-refractivity contribution in [2.75, 3.05) is 7.11 Å². The molecule has 0 aliphatic carbocycles. The number of hydrogen-bond donors (Lipinski definition) is 0. The quantitative estimate of drug-likeness (QED) is 0.693. The van der Waals surface area contributed by atoms with Gasteiger partial charge in [-0.25, -0.2) is 9.97 Å². The summed E-state index contributed by atoms with van der Waals surface area (Å²) >= 11 is 0. The number of aryl methyl sites for hydroxylation is 1. The number of carbonyl (C=O) groups is 1. The van der Waals surface area contributed by atoms with E-state index in [2.05, 4.69) is 9.97 Å². The SMILES string of the molecule is COc1cc(CCC(C)=O)ncn1. The minimum Gasteiger partial charge on any atom is -0.481 e. The Kier molecular flexibility index (Phi) is 3.37. The zero-order valence-electron chi connectivity index (χ0n) is 7.78. The normalized spacial score (nSPS) is 9.69. The highest BCUT2D eigenvalue weighted by Crippen LogP contribution is 2.07. The summed E-state index contributed by atoms with van der Waals surface area (Å²) in [6.07, 6.45) is 2.60. The van der Waals surface area contributed by atoms with Crippen LogP contribution in [0.4, 0.5) is 0 Å². The predicted molar refractivity (Wildman–Crippen MR) is 47.6 cm³/mol. The number of carbonyl (C=O) groups excluding carboxylic acids is 1. The van der Waals surface area contributed by atoms with Crippen molar-refractivity contribution >= 4 is 5.78 Å². The molecule has 0 aliphatic heterocycles. The molecule has 1 aromatic rings. The molecule has 0 bridgehead atoms. The van der Waals surface area contributed by atoms with Gasteiger partial charge in [0.1, 0.15) is 12.1 Å². The van der Waals surface area contributed by atoms with Gasteiger partial charge in [0.05, 0.1) is 7.11 Å². The van der Waals surface area contributed by atoms with E-state index >= 15 is 0 Å². The summed E-state index contributed by atoms with van der Waals surface area (Å²) in [5.41, 5.74) is 0.835. The molecule has 0 aromatic carbocycles. The molecule has 4 nitrogen and oxygen atoms in total. The van der Waals surface area contributed by atoms with Gasteiger partial charge in [-0.3, -0.25) is 0 Å². The van der Waals surface area contributed by atoms with Gasteiger partial charge in [-0.1, -0.05) is 0 Å². The maximum atomic E-state index is 10.7. The number of ketones is 1. The van der Waals surface area contributed by atoms with Gasteiger partial charge in [0.2, 0.25) is 5.88 Å². The van der Waals surface area contributed by atoms with Crippen molar-refractivity contribution in [1.82, 2.24) is 9.97 Å². The number of methoxy groups -OCH3 is 1. The van der Waals surface area contributed by atoms with Crippen molar-refractivity contribution in [3.8, 4) is 5.88 Å². The Balaban J connectivity index is 2.61. The molecule has 0 saturated heterocycles. The van der Waals surface area contributed by atoms with Crippen molar-refractivity contribution in [2.24, 2.45) is 0 Å². The van der Waals surface area contributed by atoms with Gasteiger partial charge in [-0.2, -0.15) is 0 Å². The summed E-state index contributed by atoms with van der Waals surface area (Å²) in [5.74, 6) is 0.700. The highest BCUT2D eigenvalue weighted by molar-refractivity contribution is 5.75. The van der Waals surface area contributed by atoms with Crippen molar-refractivity contribution in [3.63, 3.8) is 0 Å².